The Morgan fingerprint density at radius 2 is 1.93 bits per heavy atom. The van der Waals surface area contributed by atoms with Crippen molar-refractivity contribution in [1.29, 1.82) is 0 Å². The molecule has 1 aromatic heterocycles. The summed E-state index contributed by atoms with van der Waals surface area (Å²) in [5.41, 5.74) is 4.16. The lowest BCUT2D eigenvalue weighted by atomic mass is 10.0. The Hall–Kier alpha value is -1.66. The lowest BCUT2D eigenvalue weighted by Crippen LogP contribution is -2.38. The van der Waals surface area contributed by atoms with E-state index in [4.69, 9.17) is 9.72 Å². The van der Waals surface area contributed by atoms with Gasteiger partial charge in [-0.3, -0.25) is 4.79 Å². The van der Waals surface area contributed by atoms with Gasteiger partial charge in [-0.15, -0.1) is 0 Å². The number of fused-ring (bicyclic) bond motifs is 1. The van der Waals surface area contributed by atoms with Crippen LogP contribution in [-0.2, 0) is 11.3 Å². The highest BCUT2D eigenvalue weighted by atomic mass is 16.5. The summed E-state index contributed by atoms with van der Waals surface area (Å²) >= 11 is 0. The fourth-order valence-corrected chi connectivity index (χ4v) is 4.17. The number of carbonyl (C=O) groups is 1. The van der Waals surface area contributed by atoms with Crippen molar-refractivity contribution in [1.82, 2.24) is 9.88 Å². The second-order valence-electron chi connectivity index (χ2n) is 8.77. The Balaban J connectivity index is 1.45. The fourth-order valence-electron chi connectivity index (χ4n) is 4.17. The molecule has 0 spiro atoms. The molecule has 2 fully saturated rings. The Kier molecular flexibility index (Phi) is 4.89. The van der Waals surface area contributed by atoms with Crippen molar-refractivity contribution in [2.75, 3.05) is 37.7 Å². The number of amides is 1. The average molecular weight is 373 g/mol. The monoisotopic (exact) mass is 373 g/mol. The molecule has 1 saturated carbocycles. The first kappa shape index (κ1) is 18.7. The second-order valence-corrected chi connectivity index (χ2v) is 8.77. The van der Waals surface area contributed by atoms with Gasteiger partial charge >= 0.3 is 0 Å². The van der Waals surface area contributed by atoms with Crippen LogP contribution in [0.15, 0.2) is 0 Å². The minimum absolute atomic E-state index is 0.000575. The number of rotatable bonds is 6. The quantitative estimate of drug-likeness (QED) is 0.830. The van der Waals surface area contributed by atoms with Crippen LogP contribution < -0.4 is 4.90 Å². The summed E-state index contributed by atoms with van der Waals surface area (Å²) in [7, 11) is 0. The molecule has 3 aliphatic rings. The Bertz CT molecular complexity index is 737. The topological polar surface area (TPSA) is 65.9 Å². The summed E-state index contributed by atoms with van der Waals surface area (Å²) in [6.45, 7) is 10.0. The number of nitrogens with zero attached hydrogens (tertiary/aromatic N) is 3. The highest BCUT2D eigenvalue weighted by Crippen LogP contribution is 2.45. The molecule has 1 amide bonds. The lowest BCUT2D eigenvalue weighted by Gasteiger charge is -2.34. The molecular weight excluding hydrogens is 342 g/mol. The molecule has 0 atom stereocenters. The summed E-state index contributed by atoms with van der Waals surface area (Å²) in [4.78, 5) is 21.5. The van der Waals surface area contributed by atoms with E-state index >= 15 is 0 Å². The van der Waals surface area contributed by atoms with Crippen molar-refractivity contribution < 1.29 is 14.6 Å². The SMILES string of the molecule is Cc1c(N2CCC(OCC3(C)CC3)CC2)nc2c(c1C)C(=O)N(CCO)C2. The molecule has 1 N–H and O–H groups in total. The highest BCUT2D eigenvalue weighted by molar-refractivity contribution is 6.00. The number of β-amino-alcohol motifs (C(OH)–C–C–N with tert-alkyl or cyclic N) is 1. The second kappa shape index (κ2) is 7.06. The third-order valence-corrected chi connectivity index (χ3v) is 6.53. The highest BCUT2D eigenvalue weighted by Gasteiger charge is 2.38. The summed E-state index contributed by atoms with van der Waals surface area (Å²) in [6, 6.07) is 0. The van der Waals surface area contributed by atoms with Gasteiger partial charge in [-0.1, -0.05) is 6.92 Å². The number of hydrogen-bond acceptors (Lipinski definition) is 5. The first-order valence-electron chi connectivity index (χ1n) is 10.2. The molecule has 4 rings (SSSR count). The first-order valence-corrected chi connectivity index (χ1v) is 10.2. The minimum atomic E-state index is -0.0167. The molecule has 0 bridgehead atoms. The molecule has 1 saturated heterocycles. The largest absolute Gasteiger partial charge is 0.395 e. The van der Waals surface area contributed by atoms with Gasteiger partial charge in [0.1, 0.15) is 5.82 Å². The van der Waals surface area contributed by atoms with Gasteiger partial charge in [0.15, 0.2) is 0 Å². The minimum Gasteiger partial charge on any atom is -0.395 e. The zero-order valence-electron chi connectivity index (χ0n) is 16.8. The standard InChI is InChI=1S/C21H31N3O3/c1-14-15(2)19(22-17-12-24(10-11-25)20(26)18(14)17)23-8-4-16(5-9-23)27-13-21(3)6-7-21/h16,25H,4-13H2,1-3H3. The van der Waals surface area contributed by atoms with Gasteiger partial charge in [0.05, 0.1) is 37.1 Å². The maximum atomic E-state index is 12.6. The van der Waals surface area contributed by atoms with E-state index < -0.39 is 0 Å². The number of aromatic nitrogens is 1. The predicted octanol–water partition coefficient (Wildman–Crippen LogP) is 2.43. The Morgan fingerprint density at radius 3 is 2.56 bits per heavy atom. The molecular formula is C21H31N3O3. The van der Waals surface area contributed by atoms with Crippen LogP contribution >= 0.6 is 0 Å². The molecule has 2 aliphatic heterocycles. The van der Waals surface area contributed by atoms with E-state index in [-0.39, 0.29) is 12.5 Å². The van der Waals surface area contributed by atoms with E-state index in [0.29, 0.717) is 24.6 Å². The third-order valence-electron chi connectivity index (χ3n) is 6.53. The maximum absolute atomic E-state index is 12.6. The molecule has 148 valence electrons. The van der Waals surface area contributed by atoms with Gasteiger partial charge < -0.3 is 19.6 Å². The smallest absolute Gasteiger partial charge is 0.256 e. The van der Waals surface area contributed by atoms with Crippen LogP contribution in [0.2, 0.25) is 0 Å². The molecule has 27 heavy (non-hydrogen) atoms. The number of pyridine rings is 1. The third kappa shape index (κ3) is 3.57. The number of carbonyl (C=O) groups excluding carboxylic acids is 1. The van der Waals surface area contributed by atoms with Crippen LogP contribution in [0.5, 0.6) is 0 Å². The van der Waals surface area contributed by atoms with Crippen molar-refractivity contribution in [2.24, 2.45) is 5.41 Å². The van der Waals surface area contributed by atoms with Gasteiger partial charge in [-0.05, 0) is 56.1 Å². The summed E-state index contributed by atoms with van der Waals surface area (Å²) in [5, 5.41) is 9.19. The Morgan fingerprint density at radius 1 is 1.22 bits per heavy atom. The van der Waals surface area contributed by atoms with Crippen molar-refractivity contribution in [3.05, 3.63) is 22.4 Å². The van der Waals surface area contributed by atoms with Crippen LogP contribution in [0.3, 0.4) is 0 Å². The van der Waals surface area contributed by atoms with Crippen LogP contribution in [0.4, 0.5) is 5.82 Å². The molecule has 0 radical (unpaired) electrons. The van der Waals surface area contributed by atoms with Crippen LogP contribution in [0.25, 0.3) is 0 Å². The maximum Gasteiger partial charge on any atom is 0.256 e. The zero-order chi connectivity index (χ0) is 19.2. The van der Waals surface area contributed by atoms with E-state index in [1.165, 1.54) is 12.8 Å². The molecule has 6 nitrogen and oxygen atoms in total. The van der Waals surface area contributed by atoms with Crippen molar-refractivity contribution >= 4 is 11.7 Å². The molecule has 1 aromatic rings. The van der Waals surface area contributed by atoms with Gasteiger partial charge in [0.2, 0.25) is 0 Å². The van der Waals surface area contributed by atoms with Gasteiger partial charge in [0.25, 0.3) is 5.91 Å². The van der Waals surface area contributed by atoms with Crippen LogP contribution in [0, 0.1) is 19.3 Å². The first-order chi connectivity index (χ1) is 12.9. The van der Waals surface area contributed by atoms with E-state index in [0.717, 1.165) is 60.7 Å². The number of ether oxygens (including phenoxy) is 1. The number of piperidine rings is 1. The number of aliphatic hydroxyl groups excluding tert-OH is 1. The Labute approximate surface area is 161 Å². The normalized spacial score (nSPS) is 21.7. The molecule has 0 aromatic carbocycles. The molecule has 1 aliphatic carbocycles. The molecule has 0 unspecified atom stereocenters. The number of hydrogen-bond donors (Lipinski definition) is 1. The average Bonchev–Trinajstić information content (AvgIpc) is 3.32. The number of aliphatic hydroxyl groups is 1. The molecule has 3 heterocycles. The summed E-state index contributed by atoms with van der Waals surface area (Å²) in [5.74, 6) is 1.01. The van der Waals surface area contributed by atoms with E-state index in [2.05, 4.69) is 18.7 Å². The van der Waals surface area contributed by atoms with Gasteiger partial charge in [-0.25, -0.2) is 4.98 Å². The lowest BCUT2D eigenvalue weighted by molar-refractivity contribution is 0.0127. The summed E-state index contributed by atoms with van der Waals surface area (Å²) < 4.78 is 6.16. The summed E-state index contributed by atoms with van der Waals surface area (Å²) in [6.07, 6.45) is 5.02. The van der Waals surface area contributed by atoms with Gasteiger partial charge in [-0.2, -0.15) is 0 Å². The van der Waals surface area contributed by atoms with E-state index in [9.17, 15) is 9.90 Å². The van der Waals surface area contributed by atoms with E-state index in [1.54, 1.807) is 4.90 Å². The van der Waals surface area contributed by atoms with Gasteiger partial charge in [0, 0.05) is 19.6 Å². The van der Waals surface area contributed by atoms with Crippen molar-refractivity contribution in [3.8, 4) is 0 Å². The fraction of sp³-hybridized carbons (Fsp3) is 0.714. The van der Waals surface area contributed by atoms with Crippen molar-refractivity contribution in [3.63, 3.8) is 0 Å². The van der Waals surface area contributed by atoms with E-state index in [1.807, 2.05) is 6.92 Å². The number of anilines is 1. The predicted molar refractivity (Wildman–Crippen MR) is 104 cm³/mol. The van der Waals surface area contributed by atoms with Crippen molar-refractivity contribution in [2.45, 2.75) is 59.1 Å². The van der Waals surface area contributed by atoms with Crippen LogP contribution in [-0.4, -0.2) is 59.8 Å². The molecule has 6 heteroatoms. The van der Waals surface area contributed by atoms with Crippen LogP contribution in [0.1, 0.15) is 59.8 Å². The zero-order valence-corrected chi connectivity index (χ0v) is 16.8.